The fourth-order valence-corrected chi connectivity index (χ4v) is 2.08. The first kappa shape index (κ1) is 18.5. The number of nitrogens with zero attached hydrogens (tertiary/aromatic N) is 1. The van der Waals surface area contributed by atoms with Crippen molar-refractivity contribution in [2.24, 2.45) is 0 Å². The molecule has 7 heteroatoms. The lowest BCUT2D eigenvalue weighted by atomic mass is 10.1. The molecule has 0 spiro atoms. The van der Waals surface area contributed by atoms with E-state index in [4.69, 9.17) is 0 Å². The normalized spacial score (nSPS) is 13.6. The summed E-state index contributed by atoms with van der Waals surface area (Å²) in [5, 5.41) is 16.5. The third-order valence-corrected chi connectivity index (χ3v) is 3.24. The molecule has 0 aliphatic heterocycles. The molecule has 0 unspecified atom stereocenters. The van der Waals surface area contributed by atoms with E-state index in [1.807, 2.05) is 6.92 Å². The molecule has 3 nitrogen and oxygen atoms in total. The number of hydrogen-bond acceptors (Lipinski definition) is 2. The first-order valence-corrected chi connectivity index (χ1v) is 7.48. The number of aliphatic hydroxyl groups excluding tert-OH is 1. The zero-order valence-corrected chi connectivity index (χ0v) is 13.3. The zero-order valence-electron chi connectivity index (χ0n) is 13.3. The Morgan fingerprint density at radius 1 is 1.24 bits per heavy atom. The van der Waals surface area contributed by atoms with Gasteiger partial charge in [-0.15, -0.1) is 0 Å². The van der Waals surface area contributed by atoms with E-state index in [0.717, 1.165) is 6.08 Å². The molecule has 1 heterocycles. The standard InChI is InChI=1S/C18H16F4N2O/c1-2-3-8-17(25)13(9-10-18(20,21)22)16-11-15(23-24-16)12-6-4-5-7-14(12)19/h3-11,25H,2H2,1H3,(H,23,24)/b8-3-,10-9+,17-13-. The third kappa shape index (κ3) is 5.07. The highest BCUT2D eigenvalue weighted by molar-refractivity contribution is 5.77. The van der Waals surface area contributed by atoms with Crippen LogP contribution in [0.1, 0.15) is 19.0 Å². The first-order valence-electron chi connectivity index (χ1n) is 7.48. The Hall–Kier alpha value is -2.83. The van der Waals surface area contributed by atoms with E-state index in [1.165, 1.54) is 30.3 Å². The van der Waals surface area contributed by atoms with Crippen molar-refractivity contribution in [3.63, 3.8) is 0 Å². The maximum absolute atomic E-state index is 13.8. The Balaban J connectivity index is 2.47. The van der Waals surface area contributed by atoms with Crippen molar-refractivity contribution in [1.82, 2.24) is 10.2 Å². The molecule has 0 amide bonds. The molecule has 0 bridgehead atoms. The highest BCUT2D eigenvalue weighted by Gasteiger charge is 2.23. The lowest BCUT2D eigenvalue weighted by Crippen LogP contribution is -2.01. The Morgan fingerprint density at radius 3 is 2.60 bits per heavy atom. The fraction of sp³-hybridized carbons (Fsp3) is 0.167. The predicted octanol–water partition coefficient (Wildman–Crippen LogP) is 5.57. The number of hydrogen-bond donors (Lipinski definition) is 2. The minimum atomic E-state index is -4.54. The maximum atomic E-state index is 13.8. The summed E-state index contributed by atoms with van der Waals surface area (Å²) in [6.45, 7) is 1.82. The van der Waals surface area contributed by atoms with Crippen LogP contribution in [0, 0.1) is 5.82 Å². The van der Waals surface area contributed by atoms with Gasteiger partial charge < -0.3 is 5.11 Å². The van der Waals surface area contributed by atoms with Crippen LogP contribution in [-0.2, 0) is 0 Å². The lowest BCUT2D eigenvalue weighted by Gasteiger charge is -2.03. The van der Waals surface area contributed by atoms with Crippen LogP contribution in [0.3, 0.4) is 0 Å². The summed E-state index contributed by atoms with van der Waals surface area (Å²) < 4.78 is 51.3. The summed E-state index contributed by atoms with van der Waals surface area (Å²) in [5.74, 6) is -0.863. The molecule has 1 aromatic carbocycles. The molecule has 0 aliphatic rings. The molecule has 1 aromatic heterocycles. The van der Waals surface area contributed by atoms with Gasteiger partial charge in [-0.2, -0.15) is 18.3 Å². The minimum Gasteiger partial charge on any atom is -0.507 e. The molecule has 25 heavy (non-hydrogen) atoms. The van der Waals surface area contributed by atoms with Gasteiger partial charge in [-0.25, -0.2) is 4.39 Å². The fourth-order valence-electron chi connectivity index (χ4n) is 2.08. The van der Waals surface area contributed by atoms with Gasteiger partial charge >= 0.3 is 6.18 Å². The topological polar surface area (TPSA) is 48.9 Å². The van der Waals surface area contributed by atoms with E-state index in [0.29, 0.717) is 12.1 Å². The average Bonchev–Trinajstić information content (AvgIpc) is 3.02. The summed E-state index contributed by atoms with van der Waals surface area (Å²) in [4.78, 5) is 0. The van der Waals surface area contributed by atoms with Gasteiger partial charge in [0.2, 0.25) is 0 Å². The van der Waals surface area contributed by atoms with E-state index in [9.17, 15) is 22.7 Å². The molecule has 2 N–H and O–H groups in total. The highest BCUT2D eigenvalue weighted by Crippen LogP contribution is 2.27. The molecule has 0 saturated heterocycles. The van der Waals surface area contributed by atoms with Crippen LogP contribution in [0.5, 0.6) is 0 Å². The van der Waals surface area contributed by atoms with Gasteiger partial charge in [0.15, 0.2) is 0 Å². The van der Waals surface area contributed by atoms with Crippen LogP contribution >= 0.6 is 0 Å². The number of aliphatic hydroxyl groups is 1. The molecule has 0 atom stereocenters. The maximum Gasteiger partial charge on any atom is 0.409 e. The molecular formula is C18H16F4N2O. The van der Waals surface area contributed by atoms with Gasteiger partial charge in [-0.05, 0) is 36.8 Å². The molecule has 0 fully saturated rings. The Labute approximate surface area is 142 Å². The number of benzene rings is 1. The van der Waals surface area contributed by atoms with Crippen molar-refractivity contribution in [2.75, 3.05) is 0 Å². The number of halogens is 4. The Kier molecular flexibility index (Phi) is 5.80. The molecule has 0 radical (unpaired) electrons. The van der Waals surface area contributed by atoms with Crippen LogP contribution in [0.15, 0.2) is 60.4 Å². The van der Waals surface area contributed by atoms with Gasteiger partial charge in [0.1, 0.15) is 11.6 Å². The predicted molar refractivity (Wildman–Crippen MR) is 88.2 cm³/mol. The zero-order chi connectivity index (χ0) is 18.4. The summed E-state index contributed by atoms with van der Waals surface area (Å²) >= 11 is 0. The highest BCUT2D eigenvalue weighted by atomic mass is 19.4. The SMILES string of the molecule is CC\C=C/C(O)=C(\C=C\C(F)(F)F)c1cc(-c2ccccc2F)[nH]n1. The van der Waals surface area contributed by atoms with Crippen LogP contribution in [0.2, 0.25) is 0 Å². The summed E-state index contributed by atoms with van der Waals surface area (Å²) in [6, 6.07) is 7.30. The van der Waals surface area contributed by atoms with Crippen LogP contribution in [0.4, 0.5) is 17.6 Å². The second kappa shape index (κ2) is 7.83. The summed E-state index contributed by atoms with van der Waals surface area (Å²) in [6.07, 6.45) is -0.298. The Morgan fingerprint density at radius 2 is 1.96 bits per heavy atom. The van der Waals surface area contributed by atoms with E-state index in [2.05, 4.69) is 10.2 Å². The van der Waals surface area contributed by atoms with Crippen LogP contribution in [-0.4, -0.2) is 21.5 Å². The third-order valence-electron chi connectivity index (χ3n) is 3.24. The van der Waals surface area contributed by atoms with E-state index >= 15 is 0 Å². The van der Waals surface area contributed by atoms with Crippen LogP contribution in [0.25, 0.3) is 16.8 Å². The average molecular weight is 352 g/mol. The number of rotatable bonds is 5. The van der Waals surface area contributed by atoms with Crippen molar-refractivity contribution in [1.29, 1.82) is 0 Å². The van der Waals surface area contributed by atoms with Gasteiger partial charge in [0.05, 0.1) is 11.4 Å². The van der Waals surface area contributed by atoms with Crippen molar-refractivity contribution in [2.45, 2.75) is 19.5 Å². The summed E-state index contributed by atoms with van der Waals surface area (Å²) in [7, 11) is 0. The first-order chi connectivity index (χ1) is 11.8. The summed E-state index contributed by atoms with van der Waals surface area (Å²) in [5.41, 5.74) is 0.458. The molecule has 0 aliphatic carbocycles. The van der Waals surface area contributed by atoms with Crippen molar-refractivity contribution in [3.8, 4) is 11.3 Å². The Bertz CT molecular complexity index is 816. The molecular weight excluding hydrogens is 336 g/mol. The number of nitrogens with one attached hydrogen (secondary N) is 1. The van der Waals surface area contributed by atoms with Gasteiger partial charge in [0, 0.05) is 17.2 Å². The van der Waals surface area contributed by atoms with Gasteiger partial charge in [0.25, 0.3) is 0 Å². The number of aromatic amines is 1. The lowest BCUT2D eigenvalue weighted by molar-refractivity contribution is -0.0797. The van der Waals surface area contributed by atoms with Crippen molar-refractivity contribution >= 4 is 5.57 Å². The monoisotopic (exact) mass is 352 g/mol. The largest absolute Gasteiger partial charge is 0.507 e. The molecule has 0 saturated carbocycles. The quantitative estimate of drug-likeness (QED) is 0.420. The number of aromatic nitrogens is 2. The van der Waals surface area contributed by atoms with Gasteiger partial charge in [-0.3, -0.25) is 5.10 Å². The van der Waals surface area contributed by atoms with E-state index in [-0.39, 0.29) is 28.7 Å². The second-order valence-corrected chi connectivity index (χ2v) is 5.13. The molecule has 2 rings (SSSR count). The van der Waals surface area contributed by atoms with Crippen molar-refractivity contribution < 1.29 is 22.7 Å². The minimum absolute atomic E-state index is 0.00972. The van der Waals surface area contributed by atoms with Gasteiger partial charge in [-0.1, -0.05) is 25.1 Å². The van der Waals surface area contributed by atoms with Crippen molar-refractivity contribution in [3.05, 3.63) is 71.9 Å². The number of allylic oxidation sites excluding steroid dienone is 5. The molecule has 132 valence electrons. The van der Waals surface area contributed by atoms with E-state index in [1.54, 1.807) is 12.1 Å². The molecule has 2 aromatic rings. The number of H-pyrrole nitrogens is 1. The smallest absolute Gasteiger partial charge is 0.409 e. The second-order valence-electron chi connectivity index (χ2n) is 5.13. The number of alkyl halides is 3. The van der Waals surface area contributed by atoms with Crippen LogP contribution < -0.4 is 0 Å². The van der Waals surface area contributed by atoms with E-state index < -0.39 is 12.0 Å².